The largest absolute Gasteiger partial charge is 0.320 e. The molecule has 0 saturated heterocycles. The zero-order valence-electron chi connectivity index (χ0n) is 11.0. The molecule has 1 atom stereocenters. The molecule has 0 saturated carbocycles. The van der Waals surface area contributed by atoms with Crippen LogP contribution in [0, 0.1) is 0 Å². The number of nitrogens with one attached hydrogen (secondary N) is 1. The molecule has 1 N–H and O–H groups in total. The van der Waals surface area contributed by atoms with Gasteiger partial charge in [-0.05, 0) is 58.1 Å². The number of hydrogen-bond donors (Lipinski definition) is 1. The second-order valence-corrected chi connectivity index (χ2v) is 5.08. The van der Waals surface area contributed by atoms with E-state index in [2.05, 4.69) is 30.3 Å². The maximum atomic E-state index is 5.98. The summed E-state index contributed by atoms with van der Waals surface area (Å²) in [6, 6.07) is 8.70. The third-order valence-electron chi connectivity index (χ3n) is 3.12. The molecule has 96 valence electrons. The average molecular weight is 255 g/mol. The maximum Gasteiger partial charge on any atom is 0.0409 e. The van der Waals surface area contributed by atoms with Crippen molar-refractivity contribution in [3.05, 3.63) is 34.9 Å². The molecular formula is C14H23ClN2. The molecule has 0 aliphatic carbocycles. The van der Waals surface area contributed by atoms with E-state index in [4.69, 9.17) is 11.6 Å². The van der Waals surface area contributed by atoms with Crippen LogP contribution in [0.25, 0.3) is 0 Å². The summed E-state index contributed by atoms with van der Waals surface area (Å²) in [5.74, 6) is 0. The fourth-order valence-corrected chi connectivity index (χ4v) is 2.09. The number of nitrogens with zero attached hydrogens (tertiary/aromatic N) is 1. The molecule has 0 amide bonds. The Hall–Kier alpha value is -0.570. The van der Waals surface area contributed by atoms with E-state index in [0.29, 0.717) is 6.04 Å². The predicted octanol–water partition coefficient (Wildman–Crippen LogP) is 3.16. The summed E-state index contributed by atoms with van der Waals surface area (Å²) in [6.45, 7) is 4.33. The van der Waals surface area contributed by atoms with E-state index in [0.717, 1.165) is 18.1 Å². The summed E-state index contributed by atoms with van der Waals surface area (Å²) in [4.78, 5) is 2.38. The van der Waals surface area contributed by atoms with Gasteiger partial charge in [0.2, 0.25) is 0 Å². The quantitative estimate of drug-likeness (QED) is 0.752. The molecular weight excluding hydrogens is 232 g/mol. The molecule has 2 nitrogen and oxygen atoms in total. The molecule has 17 heavy (non-hydrogen) atoms. The molecule has 0 fully saturated rings. The lowest BCUT2D eigenvalue weighted by atomic mass is 10.1. The zero-order chi connectivity index (χ0) is 12.7. The smallest absolute Gasteiger partial charge is 0.0409 e. The number of hydrogen-bond acceptors (Lipinski definition) is 2. The van der Waals surface area contributed by atoms with Gasteiger partial charge in [0, 0.05) is 17.6 Å². The minimum atomic E-state index is 0.599. The molecule has 0 aliphatic heterocycles. The number of benzene rings is 1. The van der Waals surface area contributed by atoms with Gasteiger partial charge in [0.05, 0.1) is 0 Å². The van der Waals surface area contributed by atoms with E-state index in [1.54, 1.807) is 0 Å². The first-order valence-corrected chi connectivity index (χ1v) is 6.60. The molecule has 0 heterocycles. The molecule has 1 aromatic carbocycles. The van der Waals surface area contributed by atoms with Crippen LogP contribution >= 0.6 is 11.6 Å². The Morgan fingerprint density at radius 1 is 1.41 bits per heavy atom. The van der Waals surface area contributed by atoms with Gasteiger partial charge < -0.3 is 5.32 Å². The zero-order valence-corrected chi connectivity index (χ0v) is 11.8. The van der Waals surface area contributed by atoms with E-state index in [1.165, 1.54) is 18.4 Å². The first-order chi connectivity index (χ1) is 8.13. The molecule has 0 aliphatic rings. The van der Waals surface area contributed by atoms with Crippen LogP contribution in [0.4, 0.5) is 0 Å². The van der Waals surface area contributed by atoms with Crippen molar-refractivity contribution in [2.24, 2.45) is 0 Å². The van der Waals surface area contributed by atoms with Gasteiger partial charge in [0.15, 0.2) is 0 Å². The first-order valence-electron chi connectivity index (χ1n) is 6.22. The molecule has 0 aromatic heterocycles. The fraction of sp³-hybridized carbons (Fsp3) is 0.571. The van der Waals surface area contributed by atoms with Crippen LogP contribution < -0.4 is 5.32 Å². The third kappa shape index (κ3) is 5.53. The Bertz CT molecular complexity index is 328. The molecule has 0 bridgehead atoms. The Morgan fingerprint density at radius 3 is 2.82 bits per heavy atom. The van der Waals surface area contributed by atoms with Crippen LogP contribution in [-0.2, 0) is 6.54 Å². The topological polar surface area (TPSA) is 15.3 Å². The van der Waals surface area contributed by atoms with Gasteiger partial charge in [-0.15, -0.1) is 0 Å². The van der Waals surface area contributed by atoms with E-state index >= 15 is 0 Å². The van der Waals surface area contributed by atoms with Crippen LogP contribution in [-0.4, -0.2) is 31.6 Å². The highest BCUT2D eigenvalue weighted by atomic mass is 35.5. The van der Waals surface area contributed by atoms with E-state index in [-0.39, 0.29) is 0 Å². The van der Waals surface area contributed by atoms with E-state index < -0.39 is 0 Å². The summed E-state index contributed by atoms with van der Waals surface area (Å²) < 4.78 is 0. The number of halogens is 1. The van der Waals surface area contributed by atoms with Crippen molar-refractivity contribution >= 4 is 11.6 Å². The standard InChI is InChI=1S/C14H23ClN2/c1-12(6-5-9-16-2)17(3)11-13-7-4-8-14(15)10-13/h4,7-8,10,12,16H,5-6,9,11H2,1-3H3. The van der Waals surface area contributed by atoms with Gasteiger partial charge in [-0.2, -0.15) is 0 Å². The first kappa shape index (κ1) is 14.5. The van der Waals surface area contributed by atoms with Gasteiger partial charge in [0.1, 0.15) is 0 Å². The Kier molecular flexibility index (Phi) is 6.56. The van der Waals surface area contributed by atoms with Crippen molar-refractivity contribution in [3.63, 3.8) is 0 Å². The maximum absolute atomic E-state index is 5.98. The van der Waals surface area contributed by atoms with Gasteiger partial charge >= 0.3 is 0 Å². The summed E-state index contributed by atoms with van der Waals surface area (Å²) in [7, 11) is 4.17. The molecule has 1 aromatic rings. The van der Waals surface area contributed by atoms with Crippen LogP contribution in [0.2, 0.25) is 5.02 Å². The second kappa shape index (κ2) is 7.70. The highest BCUT2D eigenvalue weighted by Gasteiger charge is 2.09. The lowest BCUT2D eigenvalue weighted by molar-refractivity contribution is 0.235. The van der Waals surface area contributed by atoms with E-state index in [1.807, 2.05) is 25.2 Å². The van der Waals surface area contributed by atoms with Crippen molar-refractivity contribution in [1.82, 2.24) is 10.2 Å². The van der Waals surface area contributed by atoms with Crippen molar-refractivity contribution < 1.29 is 0 Å². The van der Waals surface area contributed by atoms with Crippen molar-refractivity contribution in [1.29, 1.82) is 0 Å². The van der Waals surface area contributed by atoms with Gasteiger partial charge in [-0.1, -0.05) is 23.7 Å². The summed E-state index contributed by atoms with van der Waals surface area (Å²) >= 11 is 5.98. The minimum Gasteiger partial charge on any atom is -0.320 e. The molecule has 1 rings (SSSR count). The van der Waals surface area contributed by atoms with Gasteiger partial charge in [0.25, 0.3) is 0 Å². The third-order valence-corrected chi connectivity index (χ3v) is 3.36. The second-order valence-electron chi connectivity index (χ2n) is 4.64. The molecule has 3 heteroatoms. The van der Waals surface area contributed by atoms with Crippen LogP contribution in [0.3, 0.4) is 0 Å². The monoisotopic (exact) mass is 254 g/mol. The average Bonchev–Trinajstić information content (AvgIpc) is 2.29. The minimum absolute atomic E-state index is 0.599. The van der Waals surface area contributed by atoms with Crippen molar-refractivity contribution in [3.8, 4) is 0 Å². The molecule has 0 spiro atoms. The van der Waals surface area contributed by atoms with Gasteiger partial charge in [-0.25, -0.2) is 0 Å². The lowest BCUT2D eigenvalue weighted by Crippen LogP contribution is -2.29. The van der Waals surface area contributed by atoms with Crippen LogP contribution in [0.15, 0.2) is 24.3 Å². The summed E-state index contributed by atoms with van der Waals surface area (Å²) in [5.41, 5.74) is 1.28. The van der Waals surface area contributed by atoms with Crippen LogP contribution in [0.5, 0.6) is 0 Å². The lowest BCUT2D eigenvalue weighted by Gasteiger charge is -2.24. The fourth-order valence-electron chi connectivity index (χ4n) is 1.87. The normalized spacial score (nSPS) is 13.0. The predicted molar refractivity (Wildman–Crippen MR) is 75.5 cm³/mol. The van der Waals surface area contributed by atoms with Crippen LogP contribution in [0.1, 0.15) is 25.3 Å². The summed E-state index contributed by atoms with van der Waals surface area (Å²) in [6.07, 6.45) is 2.44. The molecule has 1 unspecified atom stereocenters. The van der Waals surface area contributed by atoms with Gasteiger partial charge in [-0.3, -0.25) is 4.90 Å². The highest BCUT2D eigenvalue weighted by molar-refractivity contribution is 6.30. The summed E-state index contributed by atoms with van der Waals surface area (Å²) in [5, 5.41) is 4.00. The number of rotatable bonds is 7. The Balaban J connectivity index is 2.39. The SMILES string of the molecule is CNCCCC(C)N(C)Cc1cccc(Cl)c1. The Morgan fingerprint density at radius 2 is 2.18 bits per heavy atom. The van der Waals surface area contributed by atoms with E-state index in [9.17, 15) is 0 Å². The highest BCUT2D eigenvalue weighted by Crippen LogP contribution is 2.14. The van der Waals surface area contributed by atoms with Crippen molar-refractivity contribution in [2.75, 3.05) is 20.6 Å². The van der Waals surface area contributed by atoms with Crippen molar-refractivity contribution in [2.45, 2.75) is 32.4 Å². The molecule has 0 radical (unpaired) electrons. The Labute approximate surface area is 110 Å².